The first kappa shape index (κ1) is 18.9. The van der Waals surface area contributed by atoms with Gasteiger partial charge in [0, 0.05) is 44.2 Å². The van der Waals surface area contributed by atoms with Crippen molar-refractivity contribution in [3.63, 3.8) is 0 Å². The van der Waals surface area contributed by atoms with E-state index in [1.165, 1.54) is 0 Å². The molecule has 1 N–H and O–H groups in total. The van der Waals surface area contributed by atoms with Crippen LogP contribution in [0.3, 0.4) is 0 Å². The van der Waals surface area contributed by atoms with E-state index < -0.39 is 0 Å². The smallest absolute Gasteiger partial charge is 0.261 e. The van der Waals surface area contributed by atoms with Crippen LogP contribution < -0.4 is 10.9 Å². The van der Waals surface area contributed by atoms with Crippen molar-refractivity contribution in [1.29, 1.82) is 0 Å². The van der Waals surface area contributed by atoms with Crippen molar-refractivity contribution < 1.29 is 4.79 Å². The zero-order chi connectivity index (χ0) is 17.4. The van der Waals surface area contributed by atoms with Crippen LogP contribution in [0, 0.1) is 0 Å². The fraction of sp³-hybridized carbons (Fsp3) is 0.526. The molecule has 4 rings (SSSR count). The first-order valence-electron chi connectivity index (χ1n) is 9.20. The number of hydrogen-bond acceptors (Lipinski definition) is 4. The molecule has 7 heteroatoms. The molecule has 0 bridgehead atoms. The highest BCUT2D eigenvalue weighted by atomic mass is 35.5. The molecule has 0 unspecified atom stereocenters. The quantitative estimate of drug-likeness (QED) is 0.826. The molecule has 1 saturated heterocycles. The average Bonchev–Trinajstić information content (AvgIpc) is 2.87. The lowest BCUT2D eigenvalue weighted by Crippen LogP contribution is -2.52. The average molecular weight is 377 g/mol. The summed E-state index contributed by atoms with van der Waals surface area (Å²) in [7, 11) is 0. The van der Waals surface area contributed by atoms with E-state index in [4.69, 9.17) is 4.98 Å². The van der Waals surface area contributed by atoms with Crippen LogP contribution in [0.1, 0.15) is 42.4 Å². The van der Waals surface area contributed by atoms with Crippen LogP contribution in [0.25, 0.3) is 10.9 Å². The SMILES string of the molecule is C[C@H]1CNCCN1C(=O)c1ccc2c(=O)n3c(nc2c1)CCCCC3.Cl. The zero-order valence-electron chi connectivity index (χ0n) is 15.0. The minimum atomic E-state index is 0. The Hall–Kier alpha value is -1.92. The van der Waals surface area contributed by atoms with Gasteiger partial charge in [-0.1, -0.05) is 6.42 Å². The summed E-state index contributed by atoms with van der Waals surface area (Å²) in [4.78, 5) is 32.3. The van der Waals surface area contributed by atoms with Gasteiger partial charge in [0.1, 0.15) is 5.82 Å². The number of amides is 1. The predicted octanol–water partition coefficient (Wildman–Crippen LogP) is 1.98. The van der Waals surface area contributed by atoms with Crippen molar-refractivity contribution in [2.24, 2.45) is 0 Å². The molecule has 3 heterocycles. The Kier molecular flexibility index (Phi) is 5.63. The van der Waals surface area contributed by atoms with Crippen LogP contribution in [0.4, 0.5) is 0 Å². The second-order valence-electron chi connectivity index (χ2n) is 7.08. The van der Waals surface area contributed by atoms with Gasteiger partial charge in [0.15, 0.2) is 0 Å². The number of halogens is 1. The molecule has 2 aliphatic rings. The third-order valence-electron chi connectivity index (χ3n) is 5.33. The first-order chi connectivity index (χ1) is 12.1. The normalized spacial score (nSPS) is 20.2. The molecule has 1 fully saturated rings. The monoisotopic (exact) mass is 376 g/mol. The van der Waals surface area contributed by atoms with E-state index in [9.17, 15) is 9.59 Å². The van der Waals surface area contributed by atoms with E-state index in [1.807, 2.05) is 9.47 Å². The minimum Gasteiger partial charge on any atom is -0.333 e. The lowest BCUT2D eigenvalue weighted by Gasteiger charge is -2.34. The standard InChI is InChI=1S/C19H24N4O2.ClH/c1-13-12-20-8-10-22(13)18(24)14-6-7-15-16(11-14)21-17-5-3-2-4-9-23(17)19(15)25;/h6-7,11,13,20H,2-5,8-10,12H2,1H3;1H/t13-;/m0./s1. The maximum absolute atomic E-state index is 12.9. The van der Waals surface area contributed by atoms with Crippen molar-refractivity contribution in [1.82, 2.24) is 19.8 Å². The van der Waals surface area contributed by atoms with Gasteiger partial charge < -0.3 is 10.2 Å². The number of aryl methyl sites for hydroxylation is 1. The largest absolute Gasteiger partial charge is 0.333 e. The molecule has 2 aliphatic heterocycles. The highest BCUT2D eigenvalue weighted by molar-refractivity contribution is 5.98. The van der Waals surface area contributed by atoms with Gasteiger partial charge in [-0.3, -0.25) is 14.2 Å². The summed E-state index contributed by atoms with van der Waals surface area (Å²) in [6.45, 7) is 5.13. The molecule has 1 atom stereocenters. The Morgan fingerprint density at radius 2 is 2.08 bits per heavy atom. The third-order valence-corrected chi connectivity index (χ3v) is 5.33. The number of benzene rings is 1. The van der Waals surface area contributed by atoms with Crippen LogP contribution in [0.5, 0.6) is 0 Å². The zero-order valence-corrected chi connectivity index (χ0v) is 15.8. The third kappa shape index (κ3) is 3.35. The maximum atomic E-state index is 12.9. The van der Waals surface area contributed by atoms with E-state index in [0.29, 0.717) is 23.0 Å². The van der Waals surface area contributed by atoms with Gasteiger partial charge in [-0.15, -0.1) is 12.4 Å². The van der Waals surface area contributed by atoms with Crippen molar-refractivity contribution in [2.75, 3.05) is 19.6 Å². The van der Waals surface area contributed by atoms with Crippen LogP contribution in [-0.4, -0.2) is 46.0 Å². The van der Waals surface area contributed by atoms with Gasteiger partial charge in [0.2, 0.25) is 0 Å². The van der Waals surface area contributed by atoms with Crippen LogP contribution in [-0.2, 0) is 13.0 Å². The summed E-state index contributed by atoms with van der Waals surface area (Å²) >= 11 is 0. The second kappa shape index (κ2) is 7.76. The number of carbonyl (C=O) groups is 1. The molecular weight excluding hydrogens is 352 g/mol. The van der Waals surface area contributed by atoms with Gasteiger partial charge in [-0.2, -0.15) is 0 Å². The number of fused-ring (bicyclic) bond motifs is 2. The van der Waals surface area contributed by atoms with Gasteiger partial charge in [0.25, 0.3) is 11.5 Å². The number of rotatable bonds is 1. The Morgan fingerprint density at radius 1 is 1.23 bits per heavy atom. The van der Waals surface area contributed by atoms with Crippen molar-refractivity contribution in [3.8, 4) is 0 Å². The summed E-state index contributed by atoms with van der Waals surface area (Å²) < 4.78 is 1.81. The molecule has 6 nitrogen and oxygen atoms in total. The minimum absolute atomic E-state index is 0. The topological polar surface area (TPSA) is 67.2 Å². The molecule has 140 valence electrons. The number of nitrogens with zero attached hydrogens (tertiary/aromatic N) is 3. The van der Waals surface area contributed by atoms with E-state index in [-0.39, 0.29) is 29.9 Å². The van der Waals surface area contributed by atoms with Gasteiger partial charge >= 0.3 is 0 Å². The van der Waals surface area contributed by atoms with Crippen molar-refractivity contribution in [3.05, 3.63) is 39.9 Å². The number of aromatic nitrogens is 2. The highest BCUT2D eigenvalue weighted by Crippen LogP contribution is 2.18. The maximum Gasteiger partial charge on any atom is 0.261 e. The first-order valence-corrected chi connectivity index (χ1v) is 9.20. The number of carbonyl (C=O) groups excluding carboxylic acids is 1. The Bertz CT molecular complexity index is 880. The Labute approximate surface area is 159 Å². The van der Waals surface area contributed by atoms with E-state index in [1.54, 1.807) is 18.2 Å². The number of hydrogen-bond donors (Lipinski definition) is 1. The summed E-state index contributed by atoms with van der Waals surface area (Å²) in [6.07, 6.45) is 4.05. The molecule has 0 radical (unpaired) electrons. The van der Waals surface area contributed by atoms with E-state index in [0.717, 1.165) is 51.1 Å². The van der Waals surface area contributed by atoms with Crippen molar-refractivity contribution >= 4 is 29.2 Å². The van der Waals surface area contributed by atoms with Gasteiger partial charge in [-0.05, 0) is 38.0 Å². The highest BCUT2D eigenvalue weighted by Gasteiger charge is 2.24. The van der Waals surface area contributed by atoms with Crippen molar-refractivity contribution in [2.45, 2.75) is 45.2 Å². The molecule has 0 saturated carbocycles. The molecule has 0 spiro atoms. The fourth-order valence-corrected chi connectivity index (χ4v) is 3.86. The lowest BCUT2D eigenvalue weighted by molar-refractivity contribution is 0.0656. The molecule has 1 aromatic carbocycles. The Morgan fingerprint density at radius 3 is 2.88 bits per heavy atom. The summed E-state index contributed by atoms with van der Waals surface area (Å²) in [6, 6.07) is 5.50. The van der Waals surface area contributed by atoms with Gasteiger partial charge in [0.05, 0.1) is 10.9 Å². The summed E-state index contributed by atoms with van der Waals surface area (Å²) in [5.74, 6) is 0.878. The molecule has 1 aromatic heterocycles. The molecular formula is C19H25ClN4O2. The van der Waals surface area contributed by atoms with Crippen LogP contribution in [0.2, 0.25) is 0 Å². The number of nitrogens with one attached hydrogen (secondary N) is 1. The summed E-state index contributed by atoms with van der Waals surface area (Å²) in [5.41, 5.74) is 1.29. The van der Waals surface area contributed by atoms with Crippen LogP contribution >= 0.6 is 12.4 Å². The molecule has 1 amide bonds. The second-order valence-corrected chi connectivity index (χ2v) is 7.08. The van der Waals surface area contributed by atoms with E-state index in [2.05, 4.69) is 12.2 Å². The van der Waals surface area contributed by atoms with Crippen LogP contribution in [0.15, 0.2) is 23.0 Å². The predicted molar refractivity (Wildman–Crippen MR) is 104 cm³/mol. The molecule has 0 aliphatic carbocycles. The summed E-state index contributed by atoms with van der Waals surface area (Å²) in [5, 5.41) is 3.90. The van der Waals surface area contributed by atoms with Gasteiger partial charge in [-0.25, -0.2) is 4.98 Å². The van der Waals surface area contributed by atoms with E-state index >= 15 is 0 Å². The molecule has 26 heavy (non-hydrogen) atoms. The lowest BCUT2D eigenvalue weighted by atomic mass is 10.1. The number of piperazine rings is 1. The Balaban J connectivity index is 0.00000196. The molecule has 2 aromatic rings. The fourth-order valence-electron chi connectivity index (χ4n) is 3.86.